The van der Waals surface area contributed by atoms with Crippen LogP contribution >= 0.6 is 0 Å². The molecule has 0 aliphatic carbocycles. The second-order valence-corrected chi connectivity index (χ2v) is 6.74. The van der Waals surface area contributed by atoms with Crippen molar-refractivity contribution in [3.8, 4) is 5.69 Å². The predicted octanol–water partition coefficient (Wildman–Crippen LogP) is 2.48. The zero-order chi connectivity index (χ0) is 20.7. The molecule has 4 rings (SSSR count). The number of fused-ring (bicyclic) bond motifs is 1. The van der Waals surface area contributed by atoms with E-state index >= 15 is 0 Å². The first kappa shape index (κ1) is 18.5. The lowest BCUT2D eigenvalue weighted by Gasteiger charge is -2.10. The van der Waals surface area contributed by atoms with Gasteiger partial charge in [0.2, 0.25) is 0 Å². The number of halogens is 1. The highest BCUT2D eigenvalue weighted by atomic mass is 19.1. The molecule has 3 aromatic rings. The van der Waals surface area contributed by atoms with Gasteiger partial charge in [0.1, 0.15) is 11.6 Å². The molecule has 1 aliphatic heterocycles. The van der Waals surface area contributed by atoms with Gasteiger partial charge in [0.15, 0.2) is 0 Å². The van der Waals surface area contributed by atoms with E-state index in [1.54, 1.807) is 36.0 Å². The van der Waals surface area contributed by atoms with Gasteiger partial charge in [-0.15, -0.1) is 0 Å². The monoisotopic (exact) mass is 392 g/mol. The second-order valence-electron chi connectivity index (χ2n) is 6.74. The summed E-state index contributed by atoms with van der Waals surface area (Å²) < 4.78 is 16.1. The molecule has 0 saturated carbocycles. The number of benzene rings is 2. The number of aromatic nitrogens is 2. The highest BCUT2D eigenvalue weighted by Gasteiger charge is 2.33. The Bertz CT molecular complexity index is 1170. The minimum atomic E-state index is -0.438. The third-order valence-corrected chi connectivity index (χ3v) is 4.90. The molecule has 146 valence electrons. The molecule has 0 spiro atoms. The zero-order valence-electron chi connectivity index (χ0n) is 15.8. The van der Waals surface area contributed by atoms with Crippen molar-refractivity contribution >= 4 is 17.7 Å². The summed E-state index contributed by atoms with van der Waals surface area (Å²) in [6.45, 7) is 1.89. The van der Waals surface area contributed by atoms with E-state index in [0.29, 0.717) is 17.1 Å². The maximum Gasteiger partial charge on any atom is 0.261 e. The molecular formula is C21H17FN4O3. The zero-order valence-corrected chi connectivity index (χ0v) is 15.8. The Labute approximate surface area is 165 Å². The van der Waals surface area contributed by atoms with E-state index in [9.17, 15) is 18.8 Å². The second kappa shape index (κ2) is 6.97. The summed E-state index contributed by atoms with van der Waals surface area (Å²) in [5.74, 6) is -1.01. The van der Waals surface area contributed by atoms with Gasteiger partial charge in [0.25, 0.3) is 17.7 Å². The van der Waals surface area contributed by atoms with E-state index < -0.39 is 17.6 Å². The van der Waals surface area contributed by atoms with Crippen molar-refractivity contribution in [3.05, 3.63) is 82.7 Å². The molecule has 0 radical (unpaired) electrons. The fraction of sp³-hybridized carbons (Fsp3) is 0.143. The average Bonchev–Trinajstić information content (AvgIpc) is 3.23. The number of aryl methyl sites for hydroxylation is 1. The Morgan fingerprint density at radius 3 is 2.55 bits per heavy atom. The Morgan fingerprint density at radius 1 is 1.10 bits per heavy atom. The third kappa shape index (κ3) is 3.18. The van der Waals surface area contributed by atoms with E-state index in [-0.39, 0.29) is 29.1 Å². The van der Waals surface area contributed by atoms with Gasteiger partial charge in [-0.3, -0.25) is 19.3 Å². The van der Waals surface area contributed by atoms with Crippen LogP contribution in [0.5, 0.6) is 0 Å². The number of amides is 3. The van der Waals surface area contributed by atoms with Crippen LogP contribution in [0.2, 0.25) is 0 Å². The lowest BCUT2D eigenvalue weighted by Crippen LogP contribution is -2.24. The van der Waals surface area contributed by atoms with Gasteiger partial charge in [-0.25, -0.2) is 9.37 Å². The van der Waals surface area contributed by atoms with Crippen LogP contribution in [0.25, 0.3) is 5.69 Å². The molecule has 8 heteroatoms. The number of imidazole rings is 1. The van der Waals surface area contributed by atoms with E-state index in [0.717, 1.165) is 4.90 Å². The number of imide groups is 1. The Balaban J connectivity index is 1.48. The number of hydrogen-bond donors (Lipinski definition) is 1. The first-order valence-corrected chi connectivity index (χ1v) is 8.90. The van der Waals surface area contributed by atoms with Crippen molar-refractivity contribution in [1.29, 1.82) is 0 Å². The molecule has 0 unspecified atom stereocenters. The topological polar surface area (TPSA) is 84.3 Å². The molecule has 29 heavy (non-hydrogen) atoms. The number of nitrogens with one attached hydrogen (secondary N) is 1. The Kier molecular flexibility index (Phi) is 4.46. The molecule has 1 N–H and O–H groups in total. The summed E-state index contributed by atoms with van der Waals surface area (Å²) in [7, 11) is 1.40. The van der Waals surface area contributed by atoms with Crippen LogP contribution in [0.15, 0.2) is 48.8 Å². The lowest BCUT2D eigenvalue weighted by atomic mass is 10.1. The van der Waals surface area contributed by atoms with Crippen molar-refractivity contribution < 1.29 is 18.8 Å². The van der Waals surface area contributed by atoms with Crippen LogP contribution in [0.4, 0.5) is 4.39 Å². The molecule has 0 atom stereocenters. The predicted molar refractivity (Wildman–Crippen MR) is 102 cm³/mol. The van der Waals surface area contributed by atoms with Gasteiger partial charge in [-0.05, 0) is 42.8 Å². The average molecular weight is 392 g/mol. The lowest BCUT2D eigenvalue weighted by molar-refractivity contribution is 0.0693. The molecule has 0 bridgehead atoms. The summed E-state index contributed by atoms with van der Waals surface area (Å²) in [5.41, 5.74) is 1.70. The molecule has 7 nitrogen and oxygen atoms in total. The quantitative estimate of drug-likeness (QED) is 0.692. The van der Waals surface area contributed by atoms with Crippen molar-refractivity contribution in [3.63, 3.8) is 0 Å². The largest absolute Gasteiger partial charge is 0.348 e. The van der Waals surface area contributed by atoms with Crippen molar-refractivity contribution in [1.82, 2.24) is 19.8 Å². The molecular weight excluding hydrogens is 375 g/mol. The van der Waals surface area contributed by atoms with Crippen LogP contribution in [0, 0.1) is 12.7 Å². The molecule has 2 heterocycles. The highest BCUT2D eigenvalue weighted by molar-refractivity contribution is 6.21. The molecule has 1 aromatic heterocycles. The van der Waals surface area contributed by atoms with Crippen molar-refractivity contribution in [2.45, 2.75) is 13.5 Å². The highest BCUT2D eigenvalue weighted by Crippen LogP contribution is 2.23. The summed E-state index contributed by atoms with van der Waals surface area (Å²) >= 11 is 0. The van der Waals surface area contributed by atoms with Crippen LogP contribution < -0.4 is 5.32 Å². The SMILES string of the molecule is Cc1nccn1-c1ccc(CNC(=O)c2ccc3c(c2)C(=O)N(C)C3=O)cc1F. The summed E-state index contributed by atoms with van der Waals surface area (Å²) in [6.07, 6.45) is 3.27. The summed E-state index contributed by atoms with van der Waals surface area (Å²) in [4.78, 5) is 41.5. The maximum absolute atomic E-state index is 14.5. The van der Waals surface area contributed by atoms with E-state index in [4.69, 9.17) is 0 Å². The fourth-order valence-corrected chi connectivity index (χ4v) is 3.28. The minimum Gasteiger partial charge on any atom is -0.348 e. The first-order valence-electron chi connectivity index (χ1n) is 8.90. The number of rotatable bonds is 4. The van der Waals surface area contributed by atoms with Crippen LogP contribution in [0.3, 0.4) is 0 Å². The number of carbonyl (C=O) groups is 3. The molecule has 3 amide bonds. The van der Waals surface area contributed by atoms with Crippen molar-refractivity contribution in [2.24, 2.45) is 0 Å². The first-order chi connectivity index (χ1) is 13.9. The van der Waals surface area contributed by atoms with Gasteiger partial charge < -0.3 is 9.88 Å². The third-order valence-electron chi connectivity index (χ3n) is 4.90. The van der Waals surface area contributed by atoms with E-state index in [1.807, 2.05) is 0 Å². The van der Waals surface area contributed by atoms with Gasteiger partial charge in [0, 0.05) is 31.5 Å². The standard InChI is InChI=1S/C21H17FN4O3/c1-12-23-7-8-26(12)18-6-3-13(9-17(18)22)11-24-19(27)14-4-5-15-16(10-14)21(29)25(2)20(15)28/h3-10H,11H2,1-2H3,(H,24,27). The van der Waals surface area contributed by atoms with Crippen LogP contribution in [-0.4, -0.2) is 39.2 Å². The summed E-state index contributed by atoms with van der Waals surface area (Å²) in [6, 6.07) is 9.06. The minimum absolute atomic E-state index is 0.114. The number of carbonyl (C=O) groups excluding carboxylic acids is 3. The Morgan fingerprint density at radius 2 is 1.86 bits per heavy atom. The van der Waals surface area contributed by atoms with Crippen molar-refractivity contribution in [2.75, 3.05) is 7.05 Å². The maximum atomic E-state index is 14.5. The van der Waals surface area contributed by atoms with Gasteiger partial charge in [-0.1, -0.05) is 6.07 Å². The van der Waals surface area contributed by atoms with Gasteiger partial charge in [-0.2, -0.15) is 0 Å². The molecule has 2 aromatic carbocycles. The molecule has 0 saturated heterocycles. The Hall–Kier alpha value is -3.81. The molecule has 1 aliphatic rings. The number of nitrogens with zero attached hydrogens (tertiary/aromatic N) is 3. The van der Waals surface area contributed by atoms with E-state index in [1.165, 1.54) is 31.3 Å². The molecule has 0 fully saturated rings. The summed E-state index contributed by atoms with van der Waals surface area (Å²) in [5, 5.41) is 2.70. The smallest absolute Gasteiger partial charge is 0.261 e. The fourth-order valence-electron chi connectivity index (χ4n) is 3.28. The normalized spacial score (nSPS) is 13.0. The number of hydrogen-bond acceptors (Lipinski definition) is 4. The van der Waals surface area contributed by atoms with Crippen LogP contribution in [-0.2, 0) is 6.54 Å². The van der Waals surface area contributed by atoms with Crippen LogP contribution in [0.1, 0.15) is 42.5 Å². The van der Waals surface area contributed by atoms with Gasteiger partial charge in [0.05, 0.1) is 16.8 Å². The van der Waals surface area contributed by atoms with E-state index in [2.05, 4.69) is 10.3 Å². The van der Waals surface area contributed by atoms with Gasteiger partial charge >= 0.3 is 0 Å².